The monoisotopic (exact) mass is 740 g/mol. The van der Waals surface area contributed by atoms with Crippen LogP contribution in [-0.2, 0) is 5.41 Å². The number of ether oxygens (including phenoxy) is 1. The summed E-state index contributed by atoms with van der Waals surface area (Å²) in [5, 5.41) is 2.33. The topological polar surface area (TPSA) is 59.3 Å². The van der Waals surface area contributed by atoms with Gasteiger partial charge in [-0.05, 0) is 89.3 Å². The van der Waals surface area contributed by atoms with E-state index < -0.39 is 0 Å². The number of hydrogen-bond acceptors (Lipinski definition) is 6. The van der Waals surface area contributed by atoms with Crippen molar-refractivity contribution in [3.05, 3.63) is 182 Å². The minimum Gasteiger partial charge on any atom is -0.457 e. The molecule has 0 N–H and O–H groups in total. The van der Waals surface area contributed by atoms with Gasteiger partial charge in [-0.3, -0.25) is 14.5 Å². The largest absolute Gasteiger partial charge is 0.457 e. The molecular formula is C50H40N6O. The normalized spacial score (nSPS) is 12.7. The summed E-state index contributed by atoms with van der Waals surface area (Å²) in [7, 11) is 0. The number of fused-ring (bicyclic) bond motifs is 4. The Balaban J connectivity index is 1.02. The molecule has 0 amide bonds. The molecule has 0 saturated heterocycles. The van der Waals surface area contributed by atoms with Crippen molar-refractivity contribution < 1.29 is 4.74 Å². The number of pyridine rings is 3. The molecule has 0 spiro atoms. The van der Waals surface area contributed by atoms with E-state index in [0.717, 1.165) is 78.7 Å². The van der Waals surface area contributed by atoms with Gasteiger partial charge in [0, 0.05) is 76.3 Å². The Morgan fingerprint density at radius 1 is 0.526 bits per heavy atom. The number of para-hydroxylation sites is 3. The molecule has 0 unspecified atom stereocenters. The van der Waals surface area contributed by atoms with Crippen LogP contribution in [0.15, 0.2) is 177 Å². The van der Waals surface area contributed by atoms with Gasteiger partial charge < -0.3 is 14.5 Å². The van der Waals surface area contributed by atoms with Crippen LogP contribution in [0.2, 0.25) is 0 Å². The van der Waals surface area contributed by atoms with Gasteiger partial charge in [-0.25, -0.2) is 4.98 Å². The number of aromatic nitrogens is 4. The highest BCUT2D eigenvalue weighted by molar-refractivity contribution is 6.09. The van der Waals surface area contributed by atoms with E-state index in [9.17, 15) is 0 Å². The van der Waals surface area contributed by atoms with Gasteiger partial charge in [0.15, 0.2) is 0 Å². The third-order valence-electron chi connectivity index (χ3n) is 10.9. The fourth-order valence-electron chi connectivity index (χ4n) is 7.99. The van der Waals surface area contributed by atoms with Gasteiger partial charge >= 0.3 is 0 Å². The maximum absolute atomic E-state index is 6.71. The Labute approximate surface area is 332 Å². The molecule has 0 fully saturated rings. The molecule has 57 heavy (non-hydrogen) atoms. The summed E-state index contributed by atoms with van der Waals surface area (Å²) in [6.45, 7) is 7.31. The second-order valence-electron chi connectivity index (χ2n) is 15.5. The minimum atomic E-state index is -0.00575. The summed E-state index contributed by atoms with van der Waals surface area (Å²) in [4.78, 5) is 18.5. The summed E-state index contributed by atoms with van der Waals surface area (Å²) in [6.07, 6.45) is 9.38. The van der Waals surface area contributed by atoms with Crippen molar-refractivity contribution >= 4 is 44.6 Å². The molecule has 0 bridgehead atoms. The lowest BCUT2D eigenvalue weighted by Gasteiger charge is -2.25. The predicted octanol–water partition coefficient (Wildman–Crippen LogP) is 12.6. The fraction of sp³-hybridized carbons (Fsp3) is 0.100. The summed E-state index contributed by atoms with van der Waals surface area (Å²) in [5.41, 5.74) is 12.1. The van der Waals surface area contributed by atoms with Crippen LogP contribution < -0.4 is 14.5 Å². The van der Waals surface area contributed by atoms with Crippen LogP contribution in [0.25, 0.3) is 49.9 Å². The van der Waals surface area contributed by atoms with E-state index >= 15 is 0 Å². The van der Waals surface area contributed by atoms with Crippen LogP contribution in [0.1, 0.15) is 26.3 Å². The molecule has 0 aliphatic carbocycles. The highest BCUT2D eigenvalue weighted by atomic mass is 16.5. The van der Waals surface area contributed by atoms with E-state index in [1.807, 2.05) is 49.2 Å². The van der Waals surface area contributed by atoms with Crippen LogP contribution >= 0.6 is 0 Å². The molecule has 0 atom stereocenters. The Morgan fingerprint density at radius 2 is 1.26 bits per heavy atom. The van der Waals surface area contributed by atoms with E-state index in [-0.39, 0.29) is 5.41 Å². The molecule has 0 radical (unpaired) electrons. The number of benzene rings is 5. The second kappa shape index (κ2) is 13.8. The average Bonchev–Trinajstić information content (AvgIpc) is 3.80. The highest BCUT2D eigenvalue weighted by Crippen LogP contribution is 2.48. The van der Waals surface area contributed by atoms with Gasteiger partial charge in [0.05, 0.1) is 28.1 Å². The maximum atomic E-state index is 6.71. The molecular weight excluding hydrogens is 701 g/mol. The number of rotatable bonds is 7. The highest BCUT2D eigenvalue weighted by Gasteiger charge is 2.30. The van der Waals surface area contributed by atoms with Crippen LogP contribution in [-0.4, -0.2) is 26.2 Å². The van der Waals surface area contributed by atoms with E-state index in [0.29, 0.717) is 6.67 Å². The Morgan fingerprint density at radius 3 is 2.05 bits per heavy atom. The fourth-order valence-corrected chi connectivity index (χ4v) is 7.99. The second-order valence-corrected chi connectivity index (χ2v) is 15.5. The third-order valence-corrected chi connectivity index (χ3v) is 10.9. The smallest absolute Gasteiger partial charge is 0.137 e. The molecule has 1 aliphatic rings. The van der Waals surface area contributed by atoms with Crippen molar-refractivity contribution in [1.82, 2.24) is 19.5 Å². The average molecular weight is 741 g/mol. The van der Waals surface area contributed by atoms with Crippen molar-refractivity contribution in [2.45, 2.75) is 26.2 Å². The Hall–Kier alpha value is -7.25. The van der Waals surface area contributed by atoms with Gasteiger partial charge in [0.25, 0.3) is 0 Å². The predicted molar refractivity (Wildman–Crippen MR) is 232 cm³/mol. The zero-order valence-corrected chi connectivity index (χ0v) is 32.0. The Kier molecular flexibility index (Phi) is 8.29. The van der Waals surface area contributed by atoms with E-state index in [1.165, 1.54) is 10.9 Å². The van der Waals surface area contributed by atoms with Gasteiger partial charge in [0.1, 0.15) is 24.0 Å². The van der Waals surface area contributed by atoms with E-state index in [1.54, 1.807) is 0 Å². The first kappa shape index (κ1) is 34.3. The van der Waals surface area contributed by atoms with Gasteiger partial charge in [-0.15, -0.1) is 0 Å². The van der Waals surface area contributed by atoms with Crippen molar-refractivity contribution in [3.8, 4) is 39.6 Å². The third kappa shape index (κ3) is 6.23. The SMILES string of the molecule is CC(C)(C)c1ccnc(-n2c3ccccc3c3ccc(Oc4cccc(N5CN(c6cc(-c7cccnc7)ccc6-c6cccnc6)c6ccccc65)c4)cc32)c1. The van der Waals surface area contributed by atoms with Crippen molar-refractivity contribution in [1.29, 1.82) is 0 Å². The van der Waals surface area contributed by atoms with Crippen molar-refractivity contribution in [2.75, 3.05) is 16.5 Å². The number of hydrogen-bond donors (Lipinski definition) is 0. The van der Waals surface area contributed by atoms with E-state index in [4.69, 9.17) is 9.72 Å². The summed E-state index contributed by atoms with van der Waals surface area (Å²) in [6, 6.07) is 51.0. The van der Waals surface area contributed by atoms with Crippen LogP contribution in [0.3, 0.4) is 0 Å². The van der Waals surface area contributed by atoms with Gasteiger partial charge in [-0.2, -0.15) is 0 Å². The maximum Gasteiger partial charge on any atom is 0.137 e. The van der Waals surface area contributed by atoms with Crippen molar-refractivity contribution in [3.63, 3.8) is 0 Å². The zero-order valence-electron chi connectivity index (χ0n) is 32.0. The first-order valence-corrected chi connectivity index (χ1v) is 19.3. The lowest BCUT2D eigenvalue weighted by Crippen LogP contribution is -2.24. The summed E-state index contributed by atoms with van der Waals surface area (Å²) >= 11 is 0. The molecule has 9 aromatic rings. The lowest BCUT2D eigenvalue weighted by atomic mass is 9.88. The van der Waals surface area contributed by atoms with Crippen LogP contribution in [0.5, 0.6) is 11.5 Å². The number of anilines is 4. The first-order valence-electron chi connectivity index (χ1n) is 19.3. The standard InChI is InChI=1S/C50H40N6O/c1-50(2,3)37-23-26-53-49(28-37)56-44-16-5-4-15-42(44)43-22-20-40(30-48(43)56)57-39-14-8-13-38(29-39)54-33-55(46-18-7-6-17-45(46)54)47-27-34(35-11-9-24-51-31-35)19-21-41(47)36-12-10-25-52-32-36/h4-32H,33H2,1-3H3. The molecule has 5 heterocycles. The molecule has 1 aliphatic heterocycles. The van der Waals surface area contributed by atoms with E-state index in [2.05, 4.69) is 172 Å². The van der Waals surface area contributed by atoms with Crippen LogP contribution in [0, 0.1) is 0 Å². The minimum absolute atomic E-state index is 0.00575. The quantitative estimate of drug-likeness (QED) is 0.162. The van der Waals surface area contributed by atoms with Gasteiger partial charge in [-0.1, -0.05) is 81.4 Å². The Bertz CT molecular complexity index is 2920. The molecule has 7 nitrogen and oxygen atoms in total. The molecule has 276 valence electrons. The molecule has 7 heteroatoms. The summed E-state index contributed by atoms with van der Waals surface area (Å²) < 4.78 is 8.96. The van der Waals surface area contributed by atoms with Crippen molar-refractivity contribution in [2.24, 2.45) is 0 Å². The molecule has 5 aromatic carbocycles. The molecule has 0 saturated carbocycles. The van der Waals surface area contributed by atoms with Crippen LogP contribution in [0.4, 0.5) is 22.7 Å². The lowest BCUT2D eigenvalue weighted by molar-refractivity contribution is 0.483. The molecule has 4 aromatic heterocycles. The summed E-state index contributed by atoms with van der Waals surface area (Å²) in [5.74, 6) is 2.41. The first-order chi connectivity index (χ1) is 27.9. The van der Waals surface area contributed by atoms with Gasteiger partial charge in [0.2, 0.25) is 0 Å². The molecule has 10 rings (SSSR count). The zero-order chi connectivity index (χ0) is 38.5. The number of nitrogens with zero attached hydrogens (tertiary/aromatic N) is 6.